The smallest absolute Gasteiger partial charge is 0.416 e. The molecule has 3 aromatic rings. The number of alkyl halides is 3. The van der Waals surface area contributed by atoms with Crippen LogP contribution in [0.1, 0.15) is 22.3 Å². The van der Waals surface area contributed by atoms with Crippen molar-refractivity contribution in [1.29, 1.82) is 5.26 Å². The Morgan fingerprint density at radius 3 is 2.36 bits per heavy atom. The maximum absolute atomic E-state index is 12.9. The SMILES string of the molecule is Cc1ccc(NC(=O)COc2ccccc2/C=C(\C#N)C(=O)Nc2cccc(C(F)(F)F)c2)cc1C. The maximum Gasteiger partial charge on any atom is 0.416 e. The number of amides is 2. The molecule has 0 aliphatic rings. The summed E-state index contributed by atoms with van der Waals surface area (Å²) in [5.74, 6) is -1.05. The molecule has 0 saturated heterocycles. The van der Waals surface area contributed by atoms with Crippen LogP contribution >= 0.6 is 0 Å². The van der Waals surface area contributed by atoms with E-state index in [9.17, 15) is 28.0 Å². The Balaban J connectivity index is 1.71. The van der Waals surface area contributed by atoms with Gasteiger partial charge in [-0.1, -0.05) is 30.3 Å². The van der Waals surface area contributed by atoms with Gasteiger partial charge in [0.05, 0.1) is 5.56 Å². The highest BCUT2D eigenvalue weighted by Crippen LogP contribution is 2.31. The molecule has 36 heavy (non-hydrogen) atoms. The first kappa shape index (κ1) is 26.0. The molecule has 0 bridgehead atoms. The van der Waals surface area contributed by atoms with Crippen LogP contribution in [0.3, 0.4) is 0 Å². The van der Waals surface area contributed by atoms with E-state index in [1.165, 1.54) is 12.1 Å². The van der Waals surface area contributed by atoms with Crippen LogP contribution in [0.4, 0.5) is 24.5 Å². The average molecular weight is 493 g/mol. The highest BCUT2D eigenvalue weighted by molar-refractivity contribution is 6.09. The molecule has 0 aliphatic carbocycles. The van der Waals surface area contributed by atoms with Crippen LogP contribution < -0.4 is 15.4 Å². The summed E-state index contributed by atoms with van der Waals surface area (Å²) in [5.41, 5.74) is 1.68. The van der Waals surface area contributed by atoms with Crippen molar-refractivity contribution >= 4 is 29.3 Å². The fourth-order valence-electron chi connectivity index (χ4n) is 3.17. The Morgan fingerprint density at radius 2 is 1.67 bits per heavy atom. The van der Waals surface area contributed by atoms with Crippen molar-refractivity contribution in [2.75, 3.05) is 17.2 Å². The molecule has 0 aromatic heterocycles. The van der Waals surface area contributed by atoms with E-state index in [2.05, 4.69) is 10.6 Å². The van der Waals surface area contributed by atoms with Gasteiger partial charge in [-0.25, -0.2) is 0 Å². The third kappa shape index (κ3) is 6.96. The number of benzene rings is 3. The molecule has 9 heteroatoms. The molecule has 0 unspecified atom stereocenters. The predicted octanol–water partition coefficient (Wildman–Crippen LogP) is 5.89. The van der Waals surface area contributed by atoms with Gasteiger partial charge in [0, 0.05) is 16.9 Å². The van der Waals surface area contributed by atoms with Crippen molar-refractivity contribution in [3.8, 4) is 11.8 Å². The number of rotatable bonds is 7. The molecule has 0 fully saturated rings. The zero-order chi connectivity index (χ0) is 26.3. The first-order valence-electron chi connectivity index (χ1n) is 10.8. The Hall–Kier alpha value is -4.58. The number of hydrogen-bond acceptors (Lipinski definition) is 4. The molecule has 0 atom stereocenters. The number of aryl methyl sites for hydroxylation is 2. The second kappa shape index (κ2) is 11.2. The Kier molecular flexibility index (Phi) is 8.12. The highest BCUT2D eigenvalue weighted by atomic mass is 19.4. The van der Waals surface area contributed by atoms with Gasteiger partial charge in [-0.05, 0) is 67.4 Å². The van der Waals surface area contributed by atoms with Gasteiger partial charge in [-0.2, -0.15) is 18.4 Å². The van der Waals surface area contributed by atoms with E-state index in [1.54, 1.807) is 36.4 Å². The van der Waals surface area contributed by atoms with Crippen LogP contribution in [0.5, 0.6) is 5.75 Å². The number of halogens is 3. The molecular weight excluding hydrogens is 471 g/mol. The summed E-state index contributed by atoms with van der Waals surface area (Å²) >= 11 is 0. The Bertz CT molecular complexity index is 1360. The van der Waals surface area contributed by atoms with E-state index >= 15 is 0 Å². The lowest BCUT2D eigenvalue weighted by Gasteiger charge is -2.11. The van der Waals surface area contributed by atoms with Gasteiger partial charge < -0.3 is 15.4 Å². The molecule has 2 amide bonds. The van der Waals surface area contributed by atoms with Crippen LogP contribution in [0.2, 0.25) is 0 Å². The number of hydrogen-bond donors (Lipinski definition) is 2. The van der Waals surface area contributed by atoms with E-state index in [-0.39, 0.29) is 23.6 Å². The summed E-state index contributed by atoms with van der Waals surface area (Å²) < 4.78 is 44.4. The summed E-state index contributed by atoms with van der Waals surface area (Å²) in [6.07, 6.45) is -3.34. The van der Waals surface area contributed by atoms with Crippen LogP contribution in [0.15, 0.2) is 72.3 Å². The topological polar surface area (TPSA) is 91.2 Å². The minimum Gasteiger partial charge on any atom is -0.483 e. The first-order valence-corrected chi connectivity index (χ1v) is 10.8. The summed E-state index contributed by atoms with van der Waals surface area (Å²) in [5, 5.41) is 14.5. The summed E-state index contributed by atoms with van der Waals surface area (Å²) in [6.45, 7) is 3.57. The van der Waals surface area contributed by atoms with Crippen LogP contribution in [0, 0.1) is 25.2 Å². The second-order valence-electron chi connectivity index (χ2n) is 7.88. The molecule has 0 saturated carbocycles. The number of nitriles is 1. The summed E-state index contributed by atoms with van der Waals surface area (Å²) in [6, 6.07) is 17.8. The van der Waals surface area contributed by atoms with E-state index < -0.39 is 23.6 Å². The number of anilines is 2. The number of carbonyl (C=O) groups is 2. The highest BCUT2D eigenvalue weighted by Gasteiger charge is 2.30. The third-order valence-corrected chi connectivity index (χ3v) is 5.18. The van der Waals surface area contributed by atoms with Gasteiger partial charge in [0.15, 0.2) is 6.61 Å². The zero-order valence-electron chi connectivity index (χ0n) is 19.4. The van der Waals surface area contributed by atoms with Crippen LogP contribution in [-0.4, -0.2) is 18.4 Å². The molecule has 3 aromatic carbocycles. The Morgan fingerprint density at radius 1 is 0.944 bits per heavy atom. The van der Waals surface area contributed by atoms with Crippen molar-refractivity contribution in [3.63, 3.8) is 0 Å². The number of nitrogens with one attached hydrogen (secondary N) is 2. The van der Waals surface area contributed by atoms with E-state index in [4.69, 9.17) is 4.74 Å². The fourth-order valence-corrected chi connectivity index (χ4v) is 3.17. The minimum atomic E-state index is -4.57. The summed E-state index contributed by atoms with van der Waals surface area (Å²) in [7, 11) is 0. The molecule has 0 radical (unpaired) electrons. The van der Waals surface area contributed by atoms with Crippen molar-refractivity contribution < 1.29 is 27.5 Å². The minimum absolute atomic E-state index is 0.108. The number of para-hydroxylation sites is 1. The van der Waals surface area contributed by atoms with Crippen molar-refractivity contribution in [2.45, 2.75) is 20.0 Å². The van der Waals surface area contributed by atoms with Crippen molar-refractivity contribution in [3.05, 3.63) is 94.6 Å². The molecule has 0 spiro atoms. The number of nitrogens with zero attached hydrogens (tertiary/aromatic N) is 1. The lowest BCUT2D eigenvalue weighted by molar-refractivity contribution is -0.137. The van der Waals surface area contributed by atoms with E-state index in [1.807, 2.05) is 26.0 Å². The lowest BCUT2D eigenvalue weighted by Crippen LogP contribution is -2.20. The van der Waals surface area contributed by atoms with Crippen molar-refractivity contribution in [1.82, 2.24) is 0 Å². The molecule has 184 valence electrons. The lowest BCUT2D eigenvalue weighted by atomic mass is 10.1. The second-order valence-corrected chi connectivity index (χ2v) is 7.88. The summed E-state index contributed by atoms with van der Waals surface area (Å²) in [4.78, 5) is 24.9. The van der Waals surface area contributed by atoms with E-state index in [0.717, 1.165) is 29.3 Å². The monoisotopic (exact) mass is 493 g/mol. The maximum atomic E-state index is 12.9. The normalized spacial score (nSPS) is 11.4. The third-order valence-electron chi connectivity index (χ3n) is 5.18. The first-order chi connectivity index (χ1) is 17.1. The van der Waals surface area contributed by atoms with E-state index in [0.29, 0.717) is 11.3 Å². The molecule has 6 nitrogen and oxygen atoms in total. The van der Waals surface area contributed by atoms with Gasteiger partial charge in [0.2, 0.25) is 0 Å². The molecule has 3 rings (SSSR count). The van der Waals surface area contributed by atoms with Crippen molar-refractivity contribution in [2.24, 2.45) is 0 Å². The molecule has 0 aliphatic heterocycles. The molecule has 0 heterocycles. The number of ether oxygens (including phenoxy) is 1. The van der Waals surface area contributed by atoms with Gasteiger partial charge in [-0.3, -0.25) is 9.59 Å². The van der Waals surface area contributed by atoms with Gasteiger partial charge >= 0.3 is 6.18 Å². The zero-order valence-corrected chi connectivity index (χ0v) is 19.4. The predicted molar refractivity (Wildman–Crippen MR) is 130 cm³/mol. The largest absolute Gasteiger partial charge is 0.483 e. The standard InChI is InChI=1S/C27H22F3N3O3/c1-17-10-11-23(12-18(17)2)32-25(34)16-36-24-9-4-3-6-19(24)13-20(15-31)26(35)33-22-8-5-7-21(14-22)27(28,29)30/h3-14H,16H2,1-2H3,(H,32,34)(H,33,35)/b20-13+. The quantitative estimate of drug-likeness (QED) is 0.317. The fraction of sp³-hybridized carbons (Fsp3) is 0.148. The van der Waals surface area contributed by atoms with Gasteiger partial charge in [0.25, 0.3) is 11.8 Å². The van der Waals surface area contributed by atoms with Crippen LogP contribution in [0.25, 0.3) is 6.08 Å². The van der Waals surface area contributed by atoms with Gasteiger partial charge in [0.1, 0.15) is 17.4 Å². The van der Waals surface area contributed by atoms with Crippen LogP contribution in [-0.2, 0) is 15.8 Å². The average Bonchev–Trinajstić information content (AvgIpc) is 2.83. The van der Waals surface area contributed by atoms with Gasteiger partial charge in [-0.15, -0.1) is 0 Å². The molecule has 2 N–H and O–H groups in total. The number of carbonyl (C=O) groups excluding carboxylic acids is 2. The Labute approximate surface area is 206 Å². The molecular formula is C27H22F3N3O3.